The van der Waals surface area contributed by atoms with Crippen LogP contribution in [0.15, 0.2) is 12.8 Å². The number of hydrogen-bond acceptors (Lipinski definition) is 2. The molecule has 0 N–H and O–H groups in total. The monoisotopic (exact) mass is 156 g/mol. The minimum Gasteiger partial charge on any atom is -0.502 e. The highest BCUT2D eigenvalue weighted by Crippen LogP contribution is 2.33. The molecule has 0 aliphatic carbocycles. The molecule has 2 heteroatoms. The van der Waals surface area contributed by atoms with E-state index in [4.69, 9.17) is 9.47 Å². The third-order valence-corrected chi connectivity index (χ3v) is 2.40. The molecule has 1 saturated heterocycles. The maximum Gasteiger partial charge on any atom is 0.0900 e. The van der Waals surface area contributed by atoms with Crippen molar-refractivity contribution in [3.8, 4) is 0 Å². The van der Waals surface area contributed by atoms with Gasteiger partial charge in [0.2, 0.25) is 0 Å². The van der Waals surface area contributed by atoms with Gasteiger partial charge in [-0.25, -0.2) is 0 Å². The Morgan fingerprint density at radius 3 is 2.82 bits per heavy atom. The molecule has 0 aromatic heterocycles. The largest absolute Gasteiger partial charge is 0.502 e. The molecule has 1 fully saturated rings. The molecular weight excluding hydrogens is 140 g/mol. The minimum atomic E-state index is 0.142. The molecule has 0 amide bonds. The molecule has 64 valence electrons. The standard InChI is InChI=1S/C9H16O2/c1-3-9(6-8-11-9)5-7-10-4-2/h4H,2-3,5-8H2,1H3. The molecule has 1 atom stereocenters. The zero-order valence-electron chi connectivity index (χ0n) is 7.14. The summed E-state index contributed by atoms with van der Waals surface area (Å²) in [5.41, 5.74) is 0.142. The van der Waals surface area contributed by atoms with E-state index in [1.165, 1.54) is 12.7 Å². The molecule has 2 nitrogen and oxygen atoms in total. The first-order valence-corrected chi connectivity index (χ1v) is 4.19. The Morgan fingerprint density at radius 2 is 2.45 bits per heavy atom. The smallest absolute Gasteiger partial charge is 0.0900 e. The molecule has 0 radical (unpaired) electrons. The van der Waals surface area contributed by atoms with Gasteiger partial charge < -0.3 is 9.47 Å². The van der Waals surface area contributed by atoms with E-state index >= 15 is 0 Å². The Balaban J connectivity index is 2.16. The summed E-state index contributed by atoms with van der Waals surface area (Å²) in [6, 6.07) is 0. The second-order valence-electron chi connectivity index (χ2n) is 2.92. The maximum atomic E-state index is 5.50. The first-order valence-electron chi connectivity index (χ1n) is 4.19. The zero-order chi connectivity index (χ0) is 8.16. The van der Waals surface area contributed by atoms with Crippen LogP contribution in [0.2, 0.25) is 0 Å². The number of rotatable bonds is 5. The zero-order valence-corrected chi connectivity index (χ0v) is 7.14. The summed E-state index contributed by atoms with van der Waals surface area (Å²) in [7, 11) is 0. The lowest BCUT2D eigenvalue weighted by atomic mass is 9.89. The van der Waals surface area contributed by atoms with Crippen molar-refractivity contribution < 1.29 is 9.47 Å². The molecule has 11 heavy (non-hydrogen) atoms. The molecule has 0 bridgehead atoms. The Bertz CT molecular complexity index is 122. The molecule has 0 spiro atoms. The van der Waals surface area contributed by atoms with Crippen LogP contribution >= 0.6 is 0 Å². The van der Waals surface area contributed by atoms with Gasteiger partial charge in [-0.05, 0) is 12.8 Å². The van der Waals surface area contributed by atoms with Crippen LogP contribution in [0.1, 0.15) is 26.2 Å². The summed E-state index contributed by atoms with van der Waals surface area (Å²) in [6.45, 7) is 7.30. The van der Waals surface area contributed by atoms with Gasteiger partial charge >= 0.3 is 0 Å². The van der Waals surface area contributed by atoms with Crippen molar-refractivity contribution in [3.63, 3.8) is 0 Å². The average Bonchev–Trinajstić information content (AvgIpc) is 1.95. The lowest BCUT2D eigenvalue weighted by molar-refractivity contribution is -0.158. The molecule has 1 aliphatic heterocycles. The van der Waals surface area contributed by atoms with E-state index in [9.17, 15) is 0 Å². The number of ether oxygens (including phenoxy) is 2. The summed E-state index contributed by atoms with van der Waals surface area (Å²) in [6.07, 6.45) is 4.76. The Morgan fingerprint density at radius 1 is 1.73 bits per heavy atom. The van der Waals surface area contributed by atoms with E-state index in [-0.39, 0.29) is 5.60 Å². The SMILES string of the molecule is C=COCCC1(CC)CCO1. The van der Waals surface area contributed by atoms with Crippen molar-refractivity contribution in [1.82, 2.24) is 0 Å². The van der Waals surface area contributed by atoms with Crippen molar-refractivity contribution in [2.24, 2.45) is 0 Å². The molecular formula is C9H16O2. The Hall–Kier alpha value is -0.500. The van der Waals surface area contributed by atoms with Crippen LogP contribution in [0.5, 0.6) is 0 Å². The van der Waals surface area contributed by atoms with Crippen LogP contribution in [-0.4, -0.2) is 18.8 Å². The molecule has 1 rings (SSSR count). The average molecular weight is 156 g/mol. The predicted octanol–water partition coefficient (Wildman–Crippen LogP) is 2.11. The molecule has 1 aliphatic rings. The van der Waals surface area contributed by atoms with Crippen molar-refractivity contribution in [2.75, 3.05) is 13.2 Å². The third-order valence-electron chi connectivity index (χ3n) is 2.40. The normalized spacial score (nSPS) is 29.2. The van der Waals surface area contributed by atoms with Crippen molar-refractivity contribution in [3.05, 3.63) is 12.8 Å². The molecule has 0 aromatic rings. The van der Waals surface area contributed by atoms with Gasteiger partial charge in [0.25, 0.3) is 0 Å². The predicted molar refractivity (Wildman–Crippen MR) is 44.4 cm³/mol. The van der Waals surface area contributed by atoms with Crippen LogP contribution in [0.25, 0.3) is 0 Å². The number of hydrogen-bond donors (Lipinski definition) is 0. The summed E-state index contributed by atoms with van der Waals surface area (Å²) in [5.74, 6) is 0. The van der Waals surface area contributed by atoms with Crippen molar-refractivity contribution >= 4 is 0 Å². The minimum absolute atomic E-state index is 0.142. The fourth-order valence-corrected chi connectivity index (χ4v) is 1.37. The topological polar surface area (TPSA) is 18.5 Å². The van der Waals surface area contributed by atoms with Gasteiger partial charge in [0, 0.05) is 6.42 Å². The van der Waals surface area contributed by atoms with E-state index in [2.05, 4.69) is 13.5 Å². The third kappa shape index (κ3) is 1.96. The van der Waals surface area contributed by atoms with E-state index in [0.717, 1.165) is 26.1 Å². The van der Waals surface area contributed by atoms with Crippen LogP contribution in [-0.2, 0) is 9.47 Å². The van der Waals surface area contributed by atoms with E-state index in [0.29, 0.717) is 0 Å². The van der Waals surface area contributed by atoms with Crippen LogP contribution in [0.3, 0.4) is 0 Å². The highest BCUT2D eigenvalue weighted by molar-refractivity contribution is 4.85. The quantitative estimate of drug-likeness (QED) is 0.448. The molecule has 0 saturated carbocycles. The summed E-state index contributed by atoms with van der Waals surface area (Å²) in [4.78, 5) is 0. The second-order valence-corrected chi connectivity index (χ2v) is 2.92. The summed E-state index contributed by atoms with van der Waals surface area (Å²) < 4.78 is 10.6. The fraction of sp³-hybridized carbons (Fsp3) is 0.778. The van der Waals surface area contributed by atoms with Gasteiger partial charge in [0.15, 0.2) is 0 Å². The molecule has 1 heterocycles. The lowest BCUT2D eigenvalue weighted by Gasteiger charge is -2.41. The fourth-order valence-electron chi connectivity index (χ4n) is 1.37. The lowest BCUT2D eigenvalue weighted by Crippen LogP contribution is -2.43. The van der Waals surface area contributed by atoms with Crippen molar-refractivity contribution in [1.29, 1.82) is 0 Å². The van der Waals surface area contributed by atoms with Gasteiger partial charge in [0.05, 0.1) is 25.1 Å². The van der Waals surface area contributed by atoms with Gasteiger partial charge in [-0.2, -0.15) is 0 Å². The molecule has 0 aromatic carbocycles. The van der Waals surface area contributed by atoms with Crippen LogP contribution in [0.4, 0.5) is 0 Å². The maximum absolute atomic E-state index is 5.50. The first kappa shape index (κ1) is 8.60. The van der Waals surface area contributed by atoms with E-state index in [1.54, 1.807) is 0 Å². The summed E-state index contributed by atoms with van der Waals surface area (Å²) >= 11 is 0. The Labute approximate surface area is 68.2 Å². The van der Waals surface area contributed by atoms with Gasteiger partial charge in [0.1, 0.15) is 0 Å². The van der Waals surface area contributed by atoms with Gasteiger partial charge in [-0.15, -0.1) is 0 Å². The van der Waals surface area contributed by atoms with E-state index in [1.807, 2.05) is 0 Å². The summed E-state index contributed by atoms with van der Waals surface area (Å²) in [5, 5.41) is 0. The highest BCUT2D eigenvalue weighted by atomic mass is 16.5. The van der Waals surface area contributed by atoms with Gasteiger partial charge in [-0.1, -0.05) is 13.5 Å². The highest BCUT2D eigenvalue weighted by Gasteiger charge is 2.35. The first-order chi connectivity index (χ1) is 5.33. The van der Waals surface area contributed by atoms with E-state index < -0.39 is 0 Å². The Kier molecular flexibility index (Phi) is 2.94. The molecule has 1 unspecified atom stereocenters. The van der Waals surface area contributed by atoms with Crippen LogP contribution < -0.4 is 0 Å². The van der Waals surface area contributed by atoms with Crippen molar-refractivity contribution in [2.45, 2.75) is 31.8 Å². The van der Waals surface area contributed by atoms with Crippen LogP contribution in [0, 0.1) is 0 Å². The second kappa shape index (κ2) is 3.77. The van der Waals surface area contributed by atoms with Gasteiger partial charge in [-0.3, -0.25) is 0 Å².